The Morgan fingerprint density at radius 2 is 2.12 bits per heavy atom. The molecule has 0 saturated carbocycles. The summed E-state index contributed by atoms with van der Waals surface area (Å²) in [6, 6.07) is 2.99. The van der Waals surface area contributed by atoms with Gasteiger partial charge in [-0.1, -0.05) is 13.8 Å². The van der Waals surface area contributed by atoms with Crippen LogP contribution in [0.4, 0.5) is 0 Å². The lowest BCUT2D eigenvalue weighted by Gasteiger charge is -1.96. The van der Waals surface area contributed by atoms with E-state index in [2.05, 4.69) is 15.2 Å². The maximum Gasteiger partial charge on any atom is 0.337 e. The molecule has 0 aliphatic carbocycles. The van der Waals surface area contributed by atoms with Crippen molar-refractivity contribution in [1.29, 1.82) is 0 Å². The first-order valence-electron chi connectivity index (χ1n) is 5.11. The second-order valence-electron chi connectivity index (χ2n) is 3.84. The molecule has 2 aromatic heterocycles. The summed E-state index contributed by atoms with van der Waals surface area (Å²) < 4.78 is 5.40. The van der Waals surface area contributed by atoms with Gasteiger partial charge in [-0.2, -0.15) is 0 Å². The van der Waals surface area contributed by atoms with Gasteiger partial charge in [-0.15, -0.1) is 10.2 Å². The van der Waals surface area contributed by atoms with Gasteiger partial charge in [0.2, 0.25) is 5.89 Å². The van der Waals surface area contributed by atoms with Crippen LogP contribution >= 0.6 is 0 Å². The topological polar surface area (TPSA) is 89.1 Å². The van der Waals surface area contributed by atoms with E-state index in [9.17, 15) is 4.79 Å². The Morgan fingerprint density at radius 3 is 2.59 bits per heavy atom. The van der Waals surface area contributed by atoms with Crippen molar-refractivity contribution in [2.24, 2.45) is 0 Å². The number of nitrogens with zero attached hydrogens (tertiary/aromatic N) is 3. The number of carboxylic acids is 1. The summed E-state index contributed by atoms with van der Waals surface area (Å²) in [7, 11) is 0. The van der Waals surface area contributed by atoms with Crippen LogP contribution in [0, 0.1) is 0 Å². The van der Waals surface area contributed by atoms with Crippen LogP contribution in [0.5, 0.6) is 0 Å². The molecule has 2 rings (SSSR count). The second kappa shape index (κ2) is 4.32. The zero-order valence-corrected chi connectivity index (χ0v) is 9.41. The molecule has 17 heavy (non-hydrogen) atoms. The smallest absolute Gasteiger partial charge is 0.337 e. The van der Waals surface area contributed by atoms with Gasteiger partial charge in [0.05, 0.1) is 5.56 Å². The monoisotopic (exact) mass is 233 g/mol. The molecule has 6 heteroatoms. The molecule has 0 bridgehead atoms. The molecule has 2 aromatic rings. The number of carboxylic acid groups (broad SMARTS) is 1. The highest BCUT2D eigenvalue weighted by atomic mass is 16.4. The molecular formula is C11H11N3O3. The number of hydrogen-bond donors (Lipinski definition) is 1. The largest absolute Gasteiger partial charge is 0.478 e. The van der Waals surface area contributed by atoms with E-state index >= 15 is 0 Å². The Kier molecular flexibility index (Phi) is 2.86. The Labute approximate surface area is 97.3 Å². The molecule has 1 N–H and O–H groups in total. The van der Waals surface area contributed by atoms with Crippen molar-refractivity contribution in [2.75, 3.05) is 0 Å². The van der Waals surface area contributed by atoms with E-state index in [1.54, 1.807) is 6.07 Å². The average Bonchev–Trinajstić information content (AvgIpc) is 2.78. The minimum Gasteiger partial charge on any atom is -0.478 e. The highest BCUT2D eigenvalue weighted by molar-refractivity contribution is 5.87. The highest BCUT2D eigenvalue weighted by Gasteiger charge is 2.12. The minimum atomic E-state index is -1.02. The van der Waals surface area contributed by atoms with E-state index in [0.717, 1.165) is 0 Å². The fourth-order valence-electron chi connectivity index (χ4n) is 1.22. The number of pyridine rings is 1. The molecule has 0 aromatic carbocycles. The molecule has 2 heterocycles. The Morgan fingerprint density at radius 1 is 1.35 bits per heavy atom. The van der Waals surface area contributed by atoms with Gasteiger partial charge in [0.1, 0.15) is 5.69 Å². The molecule has 0 radical (unpaired) electrons. The van der Waals surface area contributed by atoms with E-state index in [0.29, 0.717) is 17.5 Å². The standard InChI is InChI=1S/C11H11N3O3/c1-6(2)9-13-14-10(17-9)8-4-3-7(5-12-8)11(15)16/h3-6H,1-2H3,(H,15,16). The first-order chi connectivity index (χ1) is 8.08. The quantitative estimate of drug-likeness (QED) is 0.871. The van der Waals surface area contributed by atoms with Crippen LogP contribution in [0.2, 0.25) is 0 Å². The predicted octanol–water partition coefficient (Wildman–Crippen LogP) is 1.95. The summed E-state index contributed by atoms with van der Waals surface area (Å²) in [4.78, 5) is 14.6. The number of hydrogen-bond acceptors (Lipinski definition) is 5. The van der Waals surface area contributed by atoms with Crippen molar-refractivity contribution in [3.05, 3.63) is 29.8 Å². The second-order valence-corrected chi connectivity index (χ2v) is 3.84. The van der Waals surface area contributed by atoms with E-state index in [1.165, 1.54) is 12.3 Å². The fraction of sp³-hybridized carbons (Fsp3) is 0.273. The van der Waals surface area contributed by atoms with Crippen molar-refractivity contribution >= 4 is 5.97 Å². The summed E-state index contributed by atoms with van der Waals surface area (Å²) in [5.74, 6) is -0.0401. The molecule has 0 aliphatic rings. The molecule has 0 unspecified atom stereocenters. The lowest BCUT2D eigenvalue weighted by atomic mass is 10.2. The lowest BCUT2D eigenvalue weighted by molar-refractivity contribution is 0.0696. The molecule has 0 atom stereocenters. The summed E-state index contributed by atoms with van der Waals surface area (Å²) in [6.07, 6.45) is 1.26. The van der Waals surface area contributed by atoms with Crippen molar-refractivity contribution < 1.29 is 14.3 Å². The Bertz CT molecular complexity index is 531. The van der Waals surface area contributed by atoms with Crippen LogP contribution in [0.15, 0.2) is 22.7 Å². The van der Waals surface area contributed by atoms with Crippen LogP contribution in [0.25, 0.3) is 11.6 Å². The molecule has 0 amide bonds. The maximum absolute atomic E-state index is 10.7. The molecular weight excluding hydrogens is 222 g/mol. The van der Waals surface area contributed by atoms with Crippen LogP contribution in [0.1, 0.15) is 36.0 Å². The first kappa shape index (κ1) is 11.3. The highest BCUT2D eigenvalue weighted by Crippen LogP contribution is 2.19. The molecule has 0 fully saturated rings. The first-order valence-corrected chi connectivity index (χ1v) is 5.11. The number of carbonyl (C=O) groups is 1. The van der Waals surface area contributed by atoms with Gasteiger partial charge >= 0.3 is 5.97 Å². The number of aromatic carboxylic acids is 1. The van der Waals surface area contributed by atoms with Gasteiger partial charge in [0, 0.05) is 12.1 Å². The van der Waals surface area contributed by atoms with E-state index < -0.39 is 5.97 Å². The van der Waals surface area contributed by atoms with Gasteiger partial charge in [-0.3, -0.25) is 4.98 Å². The van der Waals surface area contributed by atoms with Gasteiger partial charge < -0.3 is 9.52 Å². The van der Waals surface area contributed by atoms with Crippen LogP contribution in [0.3, 0.4) is 0 Å². The molecule has 0 aliphatic heterocycles. The normalized spacial score (nSPS) is 10.8. The predicted molar refractivity (Wildman–Crippen MR) is 58.6 cm³/mol. The van der Waals surface area contributed by atoms with Crippen molar-refractivity contribution in [2.45, 2.75) is 19.8 Å². The third-order valence-electron chi connectivity index (χ3n) is 2.16. The molecule has 88 valence electrons. The SMILES string of the molecule is CC(C)c1nnc(-c2ccc(C(=O)O)cn2)o1. The van der Waals surface area contributed by atoms with Crippen molar-refractivity contribution in [1.82, 2.24) is 15.2 Å². The number of rotatable bonds is 3. The van der Waals surface area contributed by atoms with E-state index in [4.69, 9.17) is 9.52 Å². The van der Waals surface area contributed by atoms with Gasteiger partial charge in [-0.25, -0.2) is 4.79 Å². The molecule has 0 saturated heterocycles. The van der Waals surface area contributed by atoms with Crippen LogP contribution < -0.4 is 0 Å². The van der Waals surface area contributed by atoms with Crippen LogP contribution in [-0.2, 0) is 0 Å². The van der Waals surface area contributed by atoms with Gasteiger partial charge in [0.15, 0.2) is 0 Å². The zero-order valence-electron chi connectivity index (χ0n) is 9.41. The van der Waals surface area contributed by atoms with E-state index in [-0.39, 0.29) is 11.5 Å². The average molecular weight is 233 g/mol. The van der Waals surface area contributed by atoms with Gasteiger partial charge in [0.25, 0.3) is 5.89 Å². The molecule has 0 spiro atoms. The summed E-state index contributed by atoms with van der Waals surface area (Å²) >= 11 is 0. The van der Waals surface area contributed by atoms with E-state index in [1.807, 2.05) is 13.8 Å². The van der Waals surface area contributed by atoms with Crippen LogP contribution in [-0.4, -0.2) is 26.3 Å². The zero-order chi connectivity index (χ0) is 12.4. The minimum absolute atomic E-state index is 0.123. The lowest BCUT2D eigenvalue weighted by Crippen LogP contribution is -1.97. The van der Waals surface area contributed by atoms with Gasteiger partial charge in [-0.05, 0) is 12.1 Å². The van der Waals surface area contributed by atoms with Crippen molar-refractivity contribution in [3.8, 4) is 11.6 Å². The molecule has 6 nitrogen and oxygen atoms in total. The maximum atomic E-state index is 10.7. The fourth-order valence-corrected chi connectivity index (χ4v) is 1.22. The Hall–Kier alpha value is -2.24. The third-order valence-corrected chi connectivity index (χ3v) is 2.16. The summed E-state index contributed by atoms with van der Waals surface area (Å²) in [6.45, 7) is 3.89. The van der Waals surface area contributed by atoms with Crippen molar-refractivity contribution in [3.63, 3.8) is 0 Å². The summed E-state index contributed by atoms with van der Waals surface area (Å²) in [5.41, 5.74) is 0.590. The third kappa shape index (κ3) is 2.30. The Balaban J connectivity index is 2.30. The number of aromatic nitrogens is 3. The summed E-state index contributed by atoms with van der Waals surface area (Å²) in [5, 5.41) is 16.5.